The van der Waals surface area contributed by atoms with Crippen LogP contribution in [0.5, 0.6) is 0 Å². The Bertz CT molecular complexity index is 696. The van der Waals surface area contributed by atoms with Gasteiger partial charge in [-0.25, -0.2) is 0 Å². The summed E-state index contributed by atoms with van der Waals surface area (Å²) in [5, 5.41) is 1.36. The zero-order chi connectivity index (χ0) is 16.3. The van der Waals surface area contributed by atoms with E-state index in [4.69, 9.17) is 23.2 Å². The number of aryl methyl sites for hydroxylation is 2. The van der Waals surface area contributed by atoms with E-state index in [1.807, 2.05) is 64.1 Å². The fraction of sp³-hybridized carbons (Fsp3) is 0.222. The standard InChI is InChI=1S/C18H18Cl2N2/c1-11-5-7-15(19)9-17(11)21-13(3)14(4)22-18-10-16(20)8-6-12(18)2/h5-10H,1-4H3/b21-13-,22-14-. The smallest absolute Gasteiger partial charge is 0.0677 e. The van der Waals surface area contributed by atoms with Gasteiger partial charge < -0.3 is 0 Å². The van der Waals surface area contributed by atoms with Crippen molar-refractivity contribution >= 4 is 46.0 Å². The Hall–Kier alpha value is -1.64. The quantitative estimate of drug-likeness (QED) is 0.573. The van der Waals surface area contributed by atoms with Crippen LogP contribution in [0.4, 0.5) is 11.4 Å². The SMILES string of the molecule is CC(=N/c1cc(Cl)ccc1C)/C(C)=N\c1cc(Cl)ccc1C. The van der Waals surface area contributed by atoms with E-state index in [2.05, 4.69) is 9.98 Å². The molecule has 4 heteroatoms. The van der Waals surface area contributed by atoms with Crippen LogP contribution in [-0.4, -0.2) is 11.4 Å². The third-order valence-electron chi connectivity index (χ3n) is 3.44. The van der Waals surface area contributed by atoms with Crippen molar-refractivity contribution in [2.75, 3.05) is 0 Å². The van der Waals surface area contributed by atoms with Crippen LogP contribution in [0.15, 0.2) is 46.4 Å². The fourth-order valence-electron chi connectivity index (χ4n) is 1.93. The molecule has 114 valence electrons. The van der Waals surface area contributed by atoms with E-state index in [1.165, 1.54) is 0 Å². The van der Waals surface area contributed by atoms with Gasteiger partial charge in [0.05, 0.1) is 22.8 Å². The number of halogens is 2. The van der Waals surface area contributed by atoms with Crippen LogP contribution < -0.4 is 0 Å². The van der Waals surface area contributed by atoms with Gasteiger partial charge >= 0.3 is 0 Å². The van der Waals surface area contributed by atoms with Crippen molar-refractivity contribution in [1.82, 2.24) is 0 Å². The van der Waals surface area contributed by atoms with Crippen LogP contribution in [0.3, 0.4) is 0 Å². The molecule has 2 nitrogen and oxygen atoms in total. The molecule has 22 heavy (non-hydrogen) atoms. The van der Waals surface area contributed by atoms with Gasteiger partial charge in [0.2, 0.25) is 0 Å². The van der Waals surface area contributed by atoms with Crippen LogP contribution >= 0.6 is 23.2 Å². The molecule has 0 unspecified atom stereocenters. The van der Waals surface area contributed by atoms with Crippen LogP contribution in [0, 0.1) is 13.8 Å². The Morgan fingerprint density at radius 3 is 1.45 bits per heavy atom. The molecule has 0 bridgehead atoms. The van der Waals surface area contributed by atoms with Gasteiger partial charge in [0.15, 0.2) is 0 Å². The lowest BCUT2D eigenvalue weighted by molar-refractivity contribution is 1.38. The molecular formula is C18H18Cl2N2. The van der Waals surface area contributed by atoms with Crippen LogP contribution in [0.1, 0.15) is 25.0 Å². The Morgan fingerprint density at radius 1 is 0.727 bits per heavy atom. The average molecular weight is 333 g/mol. The second-order valence-corrected chi connectivity index (χ2v) is 6.13. The lowest BCUT2D eigenvalue weighted by Crippen LogP contribution is -2.05. The normalized spacial score (nSPS) is 12.6. The molecule has 0 heterocycles. The number of rotatable bonds is 3. The number of hydrogen-bond donors (Lipinski definition) is 0. The largest absolute Gasteiger partial charge is 0.252 e. The monoisotopic (exact) mass is 332 g/mol. The van der Waals surface area contributed by atoms with Gasteiger partial charge in [0.1, 0.15) is 0 Å². The van der Waals surface area contributed by atoms with Crippen molar-refractivity contribution in [3.63, 3.8) is 0 Å². The predicted molar refractivity (Wildman–Crippen MR) is 97.9 cm³/mol. The van der Waals surface area contributed by atoms with E-state index in [0.29, 0.717) is 10.0 Å². The van der Waals surface area contributed by atoms with Gasteiger partial charge in [-0.2, -0.15) is 0 Å². The number of benzene rings is 2. The maximum absolute atomic E-state index is 6.03. The van der Waals surface area contributed by atoms with Crippen LogP contribution in [-0.2, 0) is 0 Å². The van der Waals surface area contributed by atoms with Crippen molar-refractivity contribution in [2.45, 2.75) is 27.7 Å². The second-order valence-electron chi connectivity index (χ2n) is 5.26. The summed E-state index contributed by atoms with van der Waals surface area (Å²) in [6.45, 7) is 7.91. The molecule has 0 spiro atoms. The summed E-state index contributed by atoms with van der Waals surface area (Å²) in [4.78, 5) is 9.27. The van der Waals surface area contributed by atoms with Crippen molar-refractivity contribution in [2.24, 2.45) is 9.98 Å². The fourth-order valence-corrected chi connectivity index (χ4v) is 2.26. The molecule has 0 aromatic heterocycles. The molecule has 0 saturated heterocycles. The first-order valence-electron chi connectivity index (χ1n) is 7.00. The second kappa shape index (κ2) is 7.08. The molecule has 0 aliphatic heterocycles. The molecule has 0 aliphatic rings. The molecule has 0 atom stereocenters. The third-order valence-corrected chi connectivity index (χ3v) is 3.91. The minimum atomic E-state index is 0.678. The average Bonchev–Trinajstić information content (AvgIpc) is 2.46. The minimum Gasteiger partial charge on any atom is -0.252 e. The summed E-state index contributed by atoms with van der Waals surface area (Å²) < 4.78 is 0. The molecule has 0 aliphatic carbocycles. The van der Waals surface area contributed by atoms with Gasteiger partial charge in [-0.15, -0.1) is 0 Å². The molecule has 0 radical (unpaired) electrons. The molecule has 2 rings (SSSR count). The van der Waals surface area contributed by atoms with Crippen LogP contribution in [0.25, 0.3) is 0 Å². The molecule has 2 aromatic rings. The van der Waals surface area contributed by atoms with Gasteiger partial charge in [-0.3, -0.25) is 9.98 Å². The maximum atomic E-state index is 6.03. The highest BCUT2D eigenvalue weighted by molar-refractivity contribution is 6.41. The van der Waals surface area contributed by atoms with Crippen molar-refractivity contribution in [1.29, 1.82) is 0 Å². The van der Waals surface area contributed by atoms with Crippen molar-refractivity contribution in [3.8, 4) is 0 Å². The summed E-state index contributed by atoms with van der Waals surface area (Å²) in [5.41, 5.74) is 5.59. The van der Waals surface area contributed by atoms with Gasteiger partial charge in [-0.1, -0.05) is 35.3 Å². The summed E-state index contributed by atoms with van der Waals surface area (Å²) >= 11 is 12.1. The Kier molecular flexibility index (Phi) is 5.38. The van der Waals surface area contributed by atoms with E-state index < -0.39 is 0 Å². The highest BCUT2D eigenvalue weighted by Crippen LogP contribution is 2.25. The summed E-state index contributed by atoms with van der Waals surface area (Å²) in [5.74, 6) is 0. The first-order chi connectivity index (χ1) is 10.4. The van der Waals surface area contributed by atoms with E-state index in [9.17, 15) is 0 Å². The van der Waals surface area contributed by atoms with E-state index >= 15 is 0 Å². The van der Waals surface area contributed by atoms with E-state index in [0.717, 1.165) is 33.9 Å². The lowest BCUT2D eigenvalue weighted by atomic mass is 10.2. The molecule has 0 amide bonds. The zero-order valence-electron chi connectivity index (χ0n) is 13.1. The zero-order valence-corrected chi connectivity index (χ0v) is 14.6. The first-order valence-corrected chi connectivity index (χ1v) is 7.75. The summed E-state index contributed by atoms with van der Waals surface area (Å²) in [7, 11) is 0. The molecule has 2 aromatic carbocycles. The lowest BCUT2D eigenvalue weighted by Gasteiger charge is -2.06. The topological polar surface area (TPSA) is 24.7 Å². The highest BCUT2D eigenvalue weighted by Gasteiger charge is 2.04. The third kappa shape index (κ3) is 4.19. The molecule has 0 N–H and O–H groups in total. The maximum Gasteiger partial charge on any atom is 0.0677 e. The van der Waals surface area contributed by atoms with Crippen LogP contribution in [0.2, 0.25) is 10.0 Å². The summed E-state index contributed by atoms with van der Waals surface area (Å²) in [6, 6.07) is 11.4. The van der Waals surface area contributed by atoms with E-state index in [-0.39, 0.29) is 0 Å². The Balaban J connectivity index is 2.37. The molecular weight excluding hydrogens is 315 g/mol. The minimum absolute atomic E-state index is 0.678. The van der Waals surface area contributed by atoms with Gasteiger partial charge in [0.25, 0.3) is 0 Å². The van der Waals surface area contributed by atoms with E-state index in [1.54, 1.807) is 0 Å². The first kappa shape index (κ1) is 16.7. The Morgan fingerprint density at radius 2 is 1.09 bits per heavy atom. The number of nitrogens with zero attached hydrogens (tertiary/aromatic N) is 2. The number of hydrogen-bond acceptors (Lipinski definition) is 2. The number of aliphatic imine (C=N–C) groups is 2. The van der Waals surface area contributed by atoms with Crippen molar-refractivity contribution in [3.05, 3.63) is 57.6 Å². The van der Waals surface area contributed by atoms with Gasteiger partial charge in [0, 0.05) is 10.0 Å². The Labute approximate surface area is 141 Å². The molecule has 0 saturated carbocycles. The van der Waals surface area contributed by atoms with Crippen molar-refractivity contribution < 1.29 is 0 Å². The highest BCUT2D eigenvalue weighted by atomic mass is 35.5. The predicted octanol–water partition coefficient (Wildman–Crippen LogP) is 6.50. The summed E-state index contributed by atoms with van der Waals surface area (Å²) in [6.07, 6.45) is 0. The molecule has 0 fully saturated rings. The van der Waals surface area contributed by atoms with Gasteiger partial charge in [-0.05, 0) is 63.1 Å².